The first-order valence-electron chi connectivity index (χ1n) is 6.63. The number of nitrogens with zero attached hydrogens (tertiary/aromatic N) is 2. The topological polar surface area (TPSA) is 53.8 Å². The Morgan fingerprint density at radius 1 is 1.37 bits per heavy atom. The molecule has 0 amide bonds. The Morgan fingerprint density at radius 2 is 2.32 bits per heavy atom. The highest BCUT2D eigenvalue weighted by Crippen LogP contribution is 2.32. The Bertz CT molecular complexity index is 727. The zero-order valence-corrected chi connectivity index (χ0v) is 10.5. The molecule has 0 fully saturated rings. The number of hydrogen-bond donors (Lipinski definition) is 2. The van der Waals surface area contributed by atoms with E-state index in [1.807, 2.05) is 12.1 Å². The van der Waals surface area contributed by atoms with Crippen LogP contribution in [0.1, 0.15) is 29.6 Å². The highest BCUT2D eigenvalue weighted by molar-refractivity contribution is 5.85. The molecule has 1 aliphatic rings. The summed E-state index contributed by atoms with van der Waals surface area (Å²) in [7, 11) is 0. The van der Waals surface area contributed by atoms with E-state index >= 15 is 0 Å². The second-order valence-corrected chi connectivity index (χ2v) is 5.05. The minimum Gasteiger partial charge on any atom is -0.380 e. The summed E-state index contributed by atoms with van der Waals surface area (Å²) in [5.74, 6) is 0.598. The smallest absolute Gasteiger partial charge is 0.139 e. The number of nitrogens with one attached hydrogen (secondary N) is 1. The van der Waals surface area contributed by atoms with Gasteiger partial charge >= 0.3 is 0 Å². The van der Waals surface area contributed by atoms with Crippen LogP contribution in [0, 0.1) is 0 Å². The fraction of sp³-hybridized carbons (Fsp3) is 0.267. The minimum atomic E-state index is -0.696. The lowest BCUT2D eigenvalue weighted by Gasteiger charge is -2.12. The average Bonchev–Trinajstić information content (AvgIpc) is 3.13. The molecule has 4 rings (SSSR count). The first-order valence-corrected chi connectivity index (χ1v) is 6.63. The van der Waals surface area contributed by atoms with Crippen molar-refractivity contribution in [2.45, 2.75) is 25.5 Å². The third-order valence-electron chi connectivity index (χ3n) is 3.92. The molecular formula is C15H15N3O. The zero-order valence-electron chi connectivity index (χ0n) is 10.5. The summed E-state index contributed by atoms with van der Waals surface area (Å²) in [5.41, 5.74) is 3.45. The van der Waals surface area contributed by atoms with Gasteiger partial charge in [-0.05, 0) is 18.9 Å². The number of H-pyrrole nitrogens is 1. The predicted octanol–water partition coefficient (Wildman–Crippen LogP) is 2.39. The number of fused-ring (bicyclic) bond motifs is 3. The van der Waals surface area contributed by atoms with Crippen molar-refractivity contribution >= 4 is 10.9 Å². The number of aromatic amines is 1. The number of aryl methyl sites for hydroxylation is 2. The Hall–Kier alpha value is -2.07. The van der Waals surface area contributed by atoms with Gasteiger partial charge < -0.3 is 14.7 Å². The SMILES string of the molecule is OC(c1ncc[nH]1)c1cccc2cc3n(c12)CCC3. The van der Waals surface area contributed by atoms with Gasteiger partial charge in [-0.15, -0.1) is 0 Å². The van der Waals surface area contributed by atoms with Crippen molar-refractivity contribution in [2.75, 3.05) is 0 Å². The van der Waals surface area contributed by atoms with Gasteiger partial charge in [-0.3, -0.25) is 0 Å². The monoisotopic (exact) mass is 253 g/mol. The minimum absolute atomic E-state index is 0.598. The Kier molecular flexibility index (Phi) is 2.26. The average molecular weight is 253 g/mol. The molecule has 2 N–H and O–H groups in total. The molecule has 0 radical (unpaired) electrons. The maximum Gasteiger partial charge on any atom is 0.139 e. The molecule has 0 spiro atoms. The highest BCUT2D eigenvalue weighted by Gasteiger charge is 2.21. The van der Waals surface area contributed by atoms with Gasteiger partial charge in [-0.1, -0.05) is 18.2 Å². The number of aromatic nitrogens is 3. The standard InChI is InChI=1S/C15H15N3O/c19-14(15-16-6-7-17-15)12-5-1-3-10-9-11-4-2-8-18(11)13(10)12/h1,3,5-7,9,14,19H,2,4,8H2,(H,16,17). The summed E-state index contributed by atoms with van der Waals surface area (Å²) in [5, 5.41) is 11.7. The van der Waals surface area contributed by atoms with E-state index in [0.29, 0.717) is 5.82 Å². The largest absolute Gasteiger partial charge is 0.380 e. The maximum absolute atomic E-state index is 10.5. The van der Waals surface area contributed by atoms with E-state index in [9.17, 15) is 5.11 Å². The lowest BCUT2D eigenvalue weighted by molar-refractivity contribution is 0.212. The summed E-state index contributed by atoms with van der Waals surface area (Å²) in [4.78, 5) is 7.15. The van der Waals surface area contributed by atoms with Gasteiger partial charge in [0.15, 0.2) is 0 Å². The molecule has 3 aromatic rings. The van der Waals surface area contributed by atoms with E-state index in [1.54, 1.807) is 12.4 Å². The van der Waals surface area contributed by atoms with Crippen molar-refractivity contribution in [3.05, 3.63) is 53.7 Å². The summed E-state index contributed by atoms with van der Waals surface area (Å²) < 4.78 is 2.33. The van der Waals surface area contributed by atoms with Crippen LogP contribution in [0.25, 0.3) is 10.9 Å². The van der Waals surface area contributed by atoms with Crippen molar-refractivity contribution in [1.82, 2.24) is 14.5 Å². The number of imidazole rings is 1. The normalized spacial score (nSPS) is 15.8. The highest BCUT2D eigenvalue weighted by atomic mass is 16.3. The molecule has 2 aromatic heterocycles. The molecule has 0 saturated heterocycles. The third kappa shape index (κ3) is 1.53. The second-order valence-electron chi connectivity index (χ2n) is 5.05. The molecule has 4 nitrogen and oxygen atoms in total. The van der Waals surface area contributed by atoms with Crippen molar-refractivity contribution in [1.29, 1.82) is 0 Å². The fourth-order valence-corrected chi connectivity index (χ4v) is 3.08. The molecule has 3 heterocycles. The lowest BCUT2D eigenvalue weighted by Crippen LogP contribution is -2.05. The van der Waals surface area contributed by atoms with Gasteiger partial charge in [0, 0.05) is 35.6 Å². The number of hydrogen-bond acceptors (Lipinski definition) is 2. The second kappa shape index (κ2) is 3.96. The van der Waals surface area contributed by atoms with Gasteiger partial charge in [-0.25, -0.2) is 4.98 Å². The number of aliphatic hydroxyl groups is 1. The van der Waals surface area contributed by atoms with E-state index in [4.69, 9.17) is 0 Å². The molecule has 0 aliphatic carbocycles. The van der Waals surface area contributed by atoms with Crippen molar-refractivity contribution in [3.63, 3.8) is 0 Å². The maximum atomic E-state index is 10.5. The van der Waals surface area contributed by atoms with Crippen LogP contribution >= 0.6 is 0 Å². The summed E-state index contributed by atoms with van der Waals surface area (Å²) in [6.07, 6.45) is 5.03. The summed E-state index contributed by atoms with van der Waals surface area (Å²) in [6, 6.07) is 8.33. The molecule has 1 unspecified atom stereocenters. The molecule has 96 valence electrons. The van der Waals surface area contributed by atoms with Crippen LogP contribution in [-0.2, 0) is 13.0 Å². The Balaban J connectivity index is 1.94. The molecular weight excluding hydrogens is 238 g/mol. The Labute approximate surface area is 110 Å². The lowest BCUT2D eigenvalue weighted by atomic mass is 10.1. The van der Waals surface area contributed by atoms with Gasteiger partial charge in [-0.2, -0.15) is 0 Å². The summed E-state index contributed by atoms with van der Waals surface area (Å²) >= 11 is 0. The van der Waals surface area contributed by atoms with Crippen molar-refractivity contribution < 1.29 is 5.11 Å². The molecule has 0 bridgehead atoms. The number of rotatable bonds is 2. The van der Waals surface area contributed by atoms with Gasteiger partial charge in [0.1, 0.15) is 11.9 Å². The van der Waals surface area contributed by atoms with Gasteiger partial charge in [0.05, 0.1) is 5.52 Å². The van der Waals surface area contributed by atoms with Crippen LogP contribution in [0.2, 0.25) is 0 Å². The number of benzene rings is 1. The molecule has 1 aliphatic heterocycles. The molecule has 1 aromatic carbocycles. The van der Waals surface area contributed by atoms with E-state index in [2.05, 4.69) is 26.7 Å². The van der Waals surface area contributed by atoms with E-state index in [-0.39, 0.29) is 0 Å². The van der Waals surface area contributed by atoms with Crippen LogP contribution in [0.4, 0.5) is 0 Å². The van der Waals surface area contributed by atoms with Crippen LogP contribution in [0.5, 0.6) is 0 Å². The van der Waals surface area contributed by atoms with Crippen LogP contribution in [0.3, 0.4) is 0 Å². The first-order chi connectivity index (χ1) is 9.34. The molecule has 1 atom stereocenters. The molecule has 0 saturated carbocycles. The van der Waals surface area contributed by atoms with E-state index in [1.165, 1.54) is 17.5 Å². The van der Waals surface area contributed by atoms with Crippen LogP contribution < -0.4 is 0 Å². The number of aliphatic hydroxyl groups excluding tert-OH is 1. The van der Waals surface area contributed by atoms with Crippen LogP contribution in [-0.4, -0.2) is 19.6 Å². The molecule has 19 heavy (non-hydrogen) atoms. The van der Waals surface area contributed by atoms with Crippen molar-refractivity contribution in [2.24, 2.45) is 0 Å². The predicted molar refractivity (Wildman–Crippen MR) is 72.9 cm³/mol. The first kappa shape index (κ1) is 10.8. The number of para-hydroxylation sites is 1. The van der Waals surface area contributed by atoms with Gasteiger partial charge in [0.2, 0.25) is 0 Å². The summed E-state index contributed by atoms with van der Waals surface area (Å²) in [6.45, 7) is 1.04. The van der Waals surface area contributed by atoms with Crippen molar-refractivity contribution in [3.8, 4) is 0 Å². The zero-order chi connectivity index (χ0) is 12.8. The fourth-order valence-electron chi connectivity index (χ4n) is 3.08. The van der Waals surface area contributed by atoms with E-state index in [0.717, 1.165) is 24.0 Å². The Morgan fingerprint density at radius 3 is 3.16 bits per heavy atom. The van der Waals surface area contributed by atoms with E-state index < -0.39 is 6.10 Å². The third-order valence-corrected chi connectivity index (χ3v) is 3.92. The molecule has 4 heteroatoms. The van der Waals surface area contributed by atoms with Gasteiger partial charge in [0.25, 0.3) is 0 Å². The quantitative estimate of drug-likeness (QED) is 0.736. The van der Waals surface area contributed by atoms with Crippen LogP contribution in [0.15, 0.2) is 36.7 Å².